The van der Waals surface area contributed by atoms with Crippen molar-refractivity contribution in [2.24, 2.45) is 11.8 Å². The van der Waals surface area contributed by atoms with Gasteiger partial charge in [-0.1, -0.05) is 30.3 Å². The average Bonchev–Trinajstić information content (AvgIpc) is 3.76. The number of halogens is 2. The van der Waals surface area contributed by atoms with Crippen LogP contribution in [0.2, 0.25) is 0 Å². The molecule has 1 aliphatic carbocycles. The lowest BCUT2D eigenvalue weighted by Gasteiger charge is -2.29. The first-order valence-corrected chi connectivity index (χ1v) is 15.8. The molecule has 0 bridgehead atoms. The van der Waals surface area contributed by atoms with Gasteiger partial charge in [-0.3, -0.25) is 9.69 Å². The number of carbonyl (C=O) groups is 2. The molecule has 1 saturated heterocycles. The van der Waals surface area contributed by atoms with Crippen molar-refractivity contribution in [1.29, 1.82) is 0 Å². The molecular formula is C32H34F2N2O7S. The van der Waals surface area contributed by atoms with E-state index < -0.39 is 51.7 Å². The van der Waals surface area contributed by atoms with Crippen molar-refractivity contribution in [3.8, 4) is 5.75 Å². The molecule has 3 aromatic rings. The van der Waals surface area contributed by atoms with Gasteiger partial charge >= 0.3 is 6.09 Å². The summed E-state index contributed by atoms with van der Waals surface area (Å²) in [6.07, 6.45) is -1.48. The normalized spacial score (nSPS) is 18.2. The molecule has 1 aliphatic heterocycles. The molecule has 234 valence electrons. The van der Waals surface area contributed by atoms with E-state index in [1.165, 1.54) is 29.6 Å². The van der Waals surface area contributed by atoms with Crippen LogP contribution in [0.3, 0.4) is 0 Å². The summed E-state index contributed by atoms with van der Waals surface area (Å²) < 4.78 is 66.3. The summed E-state index contributed by atoms with van der Waals surface area (Å²) in [7, 11) is -2.49. The Kier molecular flexibility index (Phi) is 9.62. The minimum absolute atomic E-state index is 0.0459. The standard InChI is InChI=1S/C32H34F2N2O7S/c1-42-25-10-12-26(13-11-25)44(40,41)35(18-22-7-8-22)19-30(38)23(15-21-5-3-2-4-6-21)16-29(37)31-20-36(32(39)43-31)24-9-14-27(33)28(34)17-24/h2-6,9-14,17,22-23,30-31,38H,7-8,15-16,18-20H2,1H3/t23-,30-,31+/m1/s1. The van der Waals surface area contributed by atoms with Crippen LogP contribution in [-0.2, 0) is 26.0 Å². The van der Waals surface area contributed by atoms with Crippen molar-refractivity contribution in [2.45, 2.75) is 42.8 Å². The number of aliphatic hydroxyl groups is 1. The SMILES string of the molecule is COc1ccc(S(=O)(=O)N(CC2CC2)C[C@@H](O)[C@@H](CC(=O)[C@@H]2CN(c3ccc(F)c(F)c3)C(=O)O2)Cc2ccccc2)cc1. The van der Waals surface area contributed by atoms with E-state index in [1.807, 2.05) is 30.3 Å². The van der Waals surface area contributed by atoms with Crippen molar-refractivity contribution in [2.75, 3.05) is 31.6 Å². The lowest BCUT2D eigenvalue weighted by atomic mass is 9.88. The van der Waals surface area contributed by atoms with Crippen LogP contribution in [0, 0.1) is 23.5 Å². The second-order valence-electron chi connectivity index (χ2n) is 11.2. The van der Waals surface area contributed by atoms with E-state index in [-0.39, 0.29) is 49.0 Å². The van der Waals surface area contributed by atoms with Gasteiger partial charge in [-0.15, -0.1) is 0 Å². The topological polar surface area (TPSA) is 113 Å². The summed E-state index contributed by atoms with van der Waals surface area (Å²) in [4.78, 5) is 27.1. The van der Waals surface area contributed by atoms with E-state index >= 15 is 0 Å². The van der Waals surface area contributed by atoms with Gasteiger partial charge in [-0.2, -0.15) is 4.31 Å². The molecule has 5 rings (SSSR count). The number of aliphatic hydroxyl groups excluding tert-OH is 1. The highest BCUT2D eigenvalue weighted by Crippen LogP contribution is 2.33. The predicted octanol–water partition coefficient (Wildman–Crippen LogP) is 4.58. The number of carbonyl (C=O) groups excluding carboxylic acids is 2. The Hall–Kier alpha value is -3.87. The van der Waals surface area contributed by atoms with Crippen molar-refractivity contribution in [3.63, 3.8) is 0 Å². The average molecular weight is 629 g/mol. The molecule has 3 aromatic carbocycles. The van der Waals surface area contributed by atoms with E-state index in [1.54, 1.807) is 12.1 Å². The van der Waals surface area contributed by atoms with E-state index in [0.29, 0.717) is 5.75 Å². The number of methoxy groups -OCH3 is 1. The lowest BCUT2D eigenvalue weighted by Crippen LogP contribution is -2.43. The second kappa shape index (κ2) is 13.4. The Balaban J connectivity index is 1.34. The van der Waals surface area contributed by atoms with Gasteiger partial charge in [-0.05, 0) is 73.1 Å². The van der Waals surface area contributed by atoms with Gasteiger partial charge in [0, 0.05) is 25.6 Å². The molecule has 12 heteroatoms. The molecular weight excluding hydrogens is 594 g/mol. The molecule has 1 saturated carbocycles. The number of rotatable bonds is 14. The summed E-state index contributed by atoms with van der Waals surface area (Å²) >= 11 is 0. The number of hydrogen-bond acceptors (Lipinski definition) is 7. The number of hydrogen-bond donors (Lipinski definition) is 1. The van der Waals surface area contributed by atoms with Crippen LogP contribution in [0.1, 0.15) is 24.8 Å². The molecule has 0 unspecified atom stereocenters. The fraction of sp³-hybridized carbons (Fsp3) is 0.375. The summed E-state index contributed by atoms with van der Waals surface area (Å²) in [6.45, 7) is -0.210. The van der Waals surface area contributed by atoms with Gasteiger partial charge in [-0.25, -0.2) is 22.0 Å². The van der Waals surface area contributed by atoms with E-state index in [0.717, 1.165) is 35.4 Å². The third-order valence-corrected chi connectivity index (χ3v) is 9.83. The number of cyclic esters (lactones) is 1. The van der Waals surface area contributed by atoms with Gasteiger partial charge in [0.2, 0.25) is 10.0 Å². The van der Waals surface area contributed by atoms with Crippen LogP contribution in [0.25, 0.3) is 0 Å². The highest BCUT2D eigenvalue weighted by Gasteiger charge is 2.40. The molecule has 1 heterocycles. The summed E-state index contributed by atoms with van der Waals surface area (Å²) in [5.74, 6) is -2.71. The quantitative estimate of drug-likeness (QED) is 0.278. The molecule has 3 atom stereocenters. The zero-order chi connectivity index (χ0) is 31.4. The van der Waals surface area contributed by atoms with Gasteiger partial charge in [0.1, 0.15) is 5.75 Å². The van der Waals surface area contributed by atoms with Crippen LogP contribution in [-0.4, -0.2) is 68.7 Å². The Morgan fingerprint density at radius 3 is 2.41 bits per heavy atom. The summed E-state index contributed by atoms with van der Waals surface area (Å²) in [5, 5.41) is 11.5. The number of amides is 1. The van der Waals surface area contributed by atoms with E-state index in [4.69, 9.17) is 9.47 Å². The zero-order valence-electron chi connectivity index (χ0n) is 24.1. The zero-order valence-corrected chi connectivity index (χ0v) is 25.0. The molecule has 0 spiro atoms. The molecule has 1 N–H and O–H groups in total. The predicted molar refractivity (Wildman–Crippen MR) is 158 cm³/mol. The van der Waals surface area contributed by atoms with Crippen molar-refractivity contribution >= 4 is 27.6 Å². The molecule has 44 heavy (non-hydrogen) atoms. The Labute approximate surface area is 255 Å². The number of anilines is 1. The first kappa shape index (κ1) is 31.6. The lowest BCUT2D eigenvalue weighted by molar-refractivity contribution is -0.127. The maximum Gasteiger partial charge on any atom is 0.415 e. The Bertz CT molecular complexity index is 1580. The minimum Gasteiger partial charge on any atom is -0.497 e. The monoisotopic (exact) mass is 628 g/mol. The van der Waals surface area contributed by atoms with E-state index in [2.05, 4.69) is 0 Å². The first-order chi connectivity index (χ1) is 21.0. The molecule has 0 aromatic heterocycles. The van der Waals surface area contributed by atoms with Gasteiger partial charge < -0.3 is 14.6 Å². The maximum absolute atomic E-state index is 13.8. The first-order valence-electron chi connectivity index (χ1n) is 14.4. The number of nitrogens with zero attached hydrogens (tertiary/aromatic N) is 2. The van der Waals surface area contributed by atoms with Gasteiger partial charge in [0.15, 0.2) is 23.5 Å². The number of sulfonamides is 1. The highest BCUT2D eigenvalue weighted by molar-refractivity contribution is 7.89. The van der Waals surface area contributed by atoms with Crippen molar-refractivity contribution in [1.82, 2.24) is 4.31 Å². The van der Waals surface area contributed by atoms with Gasteiger partial charge in [0.25, 0.3) is 0 Å². The summed E-state index contributed by atoms with van der Waals surface area (Å²) in [5.41, 5.74) is 0.882. The second-order valence-corrected chi connectivity index (χ2v) is 13.1. The van der Waals surface area contributed by atoms with Crippen LogP contribution in [0.5, 0.6) is 5.75 Å². The Morgan fingerprint density at radius 2 is 1.77 bits per heavy atom. The fourth-order valence-corrected chi connectivity index (χ4v) is 6.79. The van der Waals surface area contributed by atoms with Crippen LogP contribution in [0.15, 0.2) is 77.7 Å². The third kappa shape index (κ3) is 7.43. The minimum atomic E-state index is -3.98. The van der Waals surface area contributed by atoms with Gasteiger partial charge in [0.05, 0.1) is 30.3 Å². The van der Waals surface area contributed by atoms with Crippen molar-refractivity contribution in [3.05, 3.63) is 90.0 Å². The third-order valence-electron chi connectivity index (χ3n) is 7.98. The highest BCUT2D eigenvalue weighted by atomic mass is 32.2. The number of ether oxygens (including phenoxy) is 2. The molecule has 2 aliphatic rings. The molecule has 9 nitrogen and oxygen atoms in total. The molecule has 2 fully saturated rings. The Morgan fingerprint density at radius 1 is 1.07 bits per heavy atom. The fourth-order valence-electron chi connectivity index (χ4n) is 5.26. The van der Waals surface area contributed by atoms with Crippen LogP contribution < -0.4 is 9.64 Å². The molecule has 0 radical (unpaired) electrons. The number of ketones is 1. The van der Waals surface area contributed by atoms with Crippen LogP contribution >= 0.6 is 0 Å². The number of benzene rings is 3. The van der Waals surface area contributed by atoms with E-state index in [9.17, 15) is 31.9 Å². The largest absolute Gasteiger partial charge is 0.497 e. The smallest absolute Gasteiger partial charge is 0.415 e. The van der Waals surface area contributed by atoms with Crippen molar-refractivity contribution < 1.29 is 41.4 Å². The maximum atomic E-state index is 13.8. The number of Topliss-reactive ketones (excluding diaryl/α,β-unsaturated/α-hetero) is 1. The van der Waals surface area contributed by atoms with Crippen LogP contribution in [0.4, 0.5) is 19.3 Å². The summed E-state index contributed by atoms with van der Waals surface area (Å²) in [6, 6.07) is 18.2. The molecule has 1 amide bonds.